The Bertz CT molecular complexity index is 774. The van der Waals surface area contributed by atoms with Gasteiger partial charge in [0.15, 0.2) is 0 Å². The summed E-state index contributed by atoms with van der Waals surface area (Å²) in [6.07, 6.45) is 2.12. The van der Waals surface area contributed by atoms with Crippen LogP contribution in [0.2, 0.25) is 0 Å². The monoisotopic (exact) mass is 399 g/mol. The van der Waals surface area contributed by atoms with Crippen LogP contribution in [0.3, 0.4) is 0 Å². The van der Waals surface area contributed by atoms with Gasteiger partial charge in [-0.15, -0.1) is 0 Å². The molecule has 0 unspecified atom stereocenters. The van der Waals surface area contributed by atoms with Crippen LogP contribution in [0.5, 0.6) is 5.75 Å². The van der Waals surface area contributed by atoms with Gasteiger partial charge < -0.3 is 15.0 Å². The van der Waals surface area contributed by atoms with Gasteiger partial charge in [-0.2, -0.15) is 0 Å². The molecule has 0 spiro atoms. The molecule has 29 heavy (non-hydrogen) atoms. The Morgan fingerprint density at radius 3 is 2.48 bits per heavy atom. The number of carbonyl (C=O) groups is 1. The number of ether oxygens (including phenoxy) is 1. The van der Waals surface area contributed by atoms with Crippen molar-refractivity contribution in [1.29, 1.82) is 0 Å². The number of carbonyl (C=O) groups excluding carboxylic acids is 1. The summed E-state index contributed by atoms with van der Waals surface area (Å²) in [6.45, 7) is 7.49. The zero-order chi connectivity index (χ0) is 20.5. The van der Waals surface area contributed by atoms with Crippen LogP contribution in [0.25, 0.3) is 0 Å². The van der Waals surface area contributed by atoms with Crippen LogP contribution in [0.15, 0.2) is 48.5 Å². The van der Waals surface area contributed by atoms with Gasteiger partial charge in [0.1, 0.15) is 11.6 Å². The first kappa shape index (κ1) is 21.1. The van der Waals surface area contributed by atoms with Crippen LogP contribution in [0, 0.1) is 5.82 Å². The average molecular weight is 400 g/mol. The highest BCUT2D eigenvalue weighted by Crippen LogP contribution is 2.20. The number of halogens is 1. The molecule has 3 rings (SSSR count). The molecule has 1 saturated heterocycles. The zero-order valence-electron chi connectivity index (χ0n) is 17.1. The number of piperazine rings is 1. The molecule has 1 aliphatic rings. The van der Waals surface area contributed by atoms with Gasteiger partial charge in [0.05, 0.1) is 12.3 Å². The summed E-state index contributed by atoms with van der Waals surface area (Å²) in [4.78, 5) is 16.7. The van der Waals surface area contributed by atoms with Crippen molar-refractivity contribution in [3.8, 4) is 5.75 Å². The smallest absolute Gasteiger partial charge is 0.251 e. The van der Waals surface area contributed by atoms with Crippen LogP contribution in [0.1, 0.15) is 30.1 Å². The standard InChI is InChI=1S/C23H30FN3O2/c1-2-3-18-29-20-10-8-19(9-11-20)23(28)25-12-13-26-14-16-27(17-15-26)22-7-5-4-6-21(22)24/h4-11H,2-3,12-18H2,1H3,(H,25,28). The lowest BCUT2D eigenvalue weighted by molar-refractivity contribution is 0.0947. The molecule has 0 atom stereocenters. The molecule has 0 bridgehead atoms. The fourth-order valence-corrected chi connectivity index (χ4v) is 3.39. The summed E-state index contributed by atoms with van der Waals surface area (Å²) < 4.78 is 19.5. The Kier molecular flexibility index (Phi) is 7.87. The van der Waals surface area contributed by atoms with E-state index < -0.39 is 0 Å². The second-order valence-electron chi connectivity index (χ2n) is 7.26. The summed E-state index contributed by atoms with van der Waals surface area (Å²) in [6, 6.07) is 14.2. The van der Waals surface area contributed by atoms with Crippen LogP contribution in [-0.2, 0) is 0 Å². The number of para-hydroxylation sites is 1. The molecule has 0 aliphatic carbocycles. The molecule has 156 valence electrons. The van der Waals surface area contributed by atoms with E-state index in [9.17, 15) is 9.18 Å². The lowest BCUT2D eigenvalue weighted by Gasteiger charge is -2.36. The second-order valence-corrected chi connectivity index (χ2v) is 7.26. The van der Waals surface area contributed by atoms with E-state index in [4.69, 9.17) is 4.74 Å². The van der Waals surface area contributed by atoms with Crippen molar-refractivity contribution in [1.82, 2.24) is 10.2 Å². The summed E-state index contributed by atoms with van der Waals surface area (Å²) in [5.74, 6) is 0.549. The van der Waals surface area contributed by atoms with Gasteiger partial charge >= 0.3 is 0 Å². The van der Waals surface area contributed by atoms with E-state index in [1.165, 1.54) is 6.07 Å². The van der Waals surface area contributed by atoms with Crippen LogP contribution >= 0.6 is 0 Å². The molecule has 1 amide bonds. The number of nitrogens with one attached hydrogen (secondary N) is 1. The highest BCUT2D eigenvalue weighted by Gasteiger charge is 2.19. The van der Waals surface area contributed by atoms with E-state index >= 15 is 0 Å². The van der Waals surface area contributed by atoms with Crippen LogP contribution in [0.4, 0.5) is 10.1 Å². The minimum atomic E-state index is -0.171. The van der Waals surface area contributed by atoms with Gasteiger partial charge in [-0.25, -0.2) is 4.39 Å². The summed E-state index contributed by atoms with van der Waals surface area (Å²) >= 11 is 0. The van der Waals surface area contributed by atoms with Gasteiger partial charge in [0.2, 0.25) is 0 Å². The highest BCUT2D eigenvalue weighted by molar-refractivity contribution is 5.94. The molecular formula is C23H30FN3O2. The molecule has 1 aliphatic heterocycles. The molecule has 2 aromatic carbocycles. The lowest BCUT2D eigenvalue weighted by atomic mass is 10.2. The quantitative estimate of drug-likeness (QED) is 0.655. The Balaban J connectivity index is 1.37. The van der Waals surface area contributed by atoms with Crippen LogP contribution < -0.4 is 15.0 Å². The summed E-state index contributed by atoms with van der Waals surface area (Å²) in [7, 11) is 0. The molecular weight excluding hydrogens is 369 g/mol. The predicted molar refractivity (Wildman–Crippen MR) is 114 cm³/mol. The van der Waals surface area contributed by atoms with E-state index in [2.05, 4.69) is 22.0 Å². The third-order valence-electron chi connectivity index (χ3n) is 5.16. The Morgan fingerprint density at radius 1 is 1.07 bits per heavy atom. The molecule has 1 heterocycles. The maximum Gasteiger partial charge on any atom is 0.251 e. The Labute approximate surface area is 172 Å². The Morgan fingerprint density at radius 2 is 1.79 bits per heavy atom. The van der Waals surface area contributed by atoms with Crippen molar-refractivity contribution in [2.75, 3.05) is 50.8 Å². The van der Waals surface area contributed by atoms with Gasteiger partial charge in [0.25, 0.3) is 5.91 Å². The van der Waals surface area contributed by atoms with Crippen molar-refractivity contribution in [2.24, 2.45) is 0 Å². The number of rotatable bonds is 9. The van der Waals surface area contributed by atoms with Crippen molar-refractivity contribution >= 4 is 11.6 Å². The van der Waals surface area contributed by atoms with Crippen LogP contribution in [-0.4, -0.2) is 56.7 Å². The van der Waals surface area contributed by atoms with Crippen molar-refractivity contribution in [3.63, 3.8) is 0 Å². The SMILES string of the molecule is CCCCOc1ccc(C(=O)NCCN2CCN(c3ccccc3F)CC2)cc1. The van der Waals surface area contributed by atoms with E-state index in [0.717, 1.165) is 51.3 Å². The topological polar surface area (TPSA) is 44.8 Å². The Hall–Kier alpha value is -2.60. The average Bonchev–Trinajstić information content (AvgIpc) is 2.75. The molecule has 0 radical (unpaired) electrons. The third kappa shape index (κ3) is 6.19. The number of hydrogen-bond donors (Lipinski definition) is 1. The molecule has 1 N–H and O–H groups in total. The molecule has 1 fully saturated rings. The maximum atomic E-state index is 13.9. The minimum Gasteiger partial charge on any atom is -0.494 e. The number of nitrogens with zero attached hydrogens (tertiary/aromatic N) is 2. The molecule has 6 heteroatoms. The van der Waals surface area contributed by atoms with Gasteiger partial charge in [-0.3, -0.25) is 9.69 Å². The van der Waals surface area contributed by atoms with Crippen molar-refractivity contribution in [3.05, 3.63) is 59.9 Å². The van der Waals surface area contributed by atoms with Gasteiger partial charge in [-0.1, -0.05) is 25.5 Å². The fourth-order valence-electron chi connectivity index (χ4n) is 3.39. The first-order valence-electron chi connectivity index (χ1n) is 10.4. The number of hydrogen-bond acceptors (Lipinski definition) is 4. The zero-order valence-corrected chi connectivity index (χ0v) is 17.1. The van der Waals surface area contributed by atoms with E-state index in [1.807, 2.05) is 24.3 Å². The van der Waals surface area contributed by atoms with E-state index in [-0.39, 0.29) is 11.7 Å². The maximum absolute atomic E-state index is 13.9. The molecule has 0 aromatic heterocycles. The predicted octanol–water partition coefficient (Wildman–Crippen LogP) is 3.56. The number of amides is 1. The van der Waals surface area contributed by atoms with Crippen molar-refractivity contribution in [2.45, 2.75) is 19.8 Å². The highest BCUT2D eigenvalue weighted by atomic mass is 19.1. The summed E-state index contributed by atoms with van der Waals surface area (Å²) in [5, 5.41) is 2.98. The summed E-state index contributed by atoms with van der Waals surface area (Å²) in [5.41, 5.74) is 1.31. The number of anilines is 1. The first-order valence-corrected chi connectivity index (χ1v) is 10.4. The minimum absolute atomic E-state index is 0.0740. The lowest BCUT2D eigenvalue weighted by Crippen LogP contribution is -2.48. The second kappa shape index (κ2) is 10.8. The largest absolute Gasteiger partial charge is 0.494 e. The molecule has 5 nitrogen and oxygen atoms in total. The van der Waals surface area contributed by atoms with E-state index in [1.54, 1.807) is 18.2 Å². The molecule has 2 aromatic rings. The number of unbranched alkanes of at least 4 members (excludes halogenated alkanes) is 1. The normalized spacial score (nSPS) is 14.6. The van der Waals surface area contributed by atoms with Crippen molar-refractivity contribution < 1.29 is 13.9 Å². The van der Waals surface area contributed by atoms with Gasteiger partial charge in [0, 0.05) is 44.8 Å². The third-order valence-corrected chi connectivity index (χ3v) is 5.16. The fraction of sp³-hybridized carbons (Fsp3) is 0.435. The number of benzene rings is 2. The first-order chi connectivity index (χ1) is 14.2. The van der Waals surface area contributed by atoms with Gasteiger partial charge in [-0.05, 0) is 42.8 Å². The van der Waals surface area contributed by atoms with E-state index in [0.29, 0.717) is 24.4 Å². The molecule has 0 saturated carbocycles.